The molecule has 0 aliphatic carbocycles. The second kappa shape index (κ2) is 6.11. The van der Waals surface area contributed by atoms with Crippen LogP contribution < -0.4 is 11.1 Å². The van der Waals surface area contributed by atoms with Crippen molar-refractivity contribution in [3.63, 3.8) is 0 Å². The number of carbonyl (C=O) groups is 1. The van der Waals surface area contributed by atoms with E-state index in [0.717, 1.165) is 19.6 Å². The Balaban J connectivity index is 1.96. The topological polar surface area (TPSA) is 81.8 Å². The number of likely N-dealkylation sites (N-methyl/N-ethyl adjacent to an activating group) is 2. The van der Waals surface area contributed by atoms with Gasteiger partial charge in [0.05, 0.1) is 5.56 Å². The van der Waals surface area contributed by atoms with Gasteiger partial charge in [-0.05, 0) is 32.3 Å². The number of nitrogen functional groups attached to an aromatic ring is 1. The number of anilines is 1. The van der Waals surface area contributed by atoms with E-state index in [1.54, 1.807) is 0 Å². The standard InChI is InChI=1S/C14H22N4O2/c1-17-5-6-18(2)10(9-17)8-16-14(20)12-7-11(19)3-4-13(12)15/h3-4,7,10,19H,5-6,8-9,15H2,1-2H3,(H,16,20). The highest BCUT2D eigenvalue weighted by molar-refractivity contribution is 5.99. The number of nitrogens with two attached hydrogens (primary N) is 1. The van der Waals surface area contributed by atoms with Gasteiger partial charge >= 0.3 is 0 Å². The van der Waals surface area contributed by atoms with E-state index in [4.69, 9.17) is 5.73 Å². The molecular formula is C14H22N4O2. The minimum atomic E-state index is -0.250. The van der Waals surface area contributed by atoms with E-state index < -0.39 is 0 Å². The number of hydrogen-bond acceptors (Lipinski definition) is 5. The highest BCUT2D eigenvalue weighted by Gasteiger charge is 2.22. The van der Waals surface area contributed by atoms with Crippen LogP contribution in [0.2, 0.25) is 0 Å². The average Bonchev–Trinajstić information content (AvgIpc) is 2.42. The average molecular weight is 278 g/mol. The van der Waals surface area contributed by atoms with Crippen molar-refractivity contribution in [3.8, 4) is 5.75 Å². The van der Waals surface area contributed by atoms with Crippen molar-refractivity contribution in [2.75, 3.05) is 46.0 Å². The van der Waals surface area contributed by atoms with Crippen LogP contribution in [-0.4, -0.2) is 67.1 Å². The molecular weight excluding hydrogens is 256 g/mol. The number of benzene rings is 1. The van der Waals surface area contributed by atoms with Gasteiger partial charge in [-0.25, -0.2) is 0 Å². The van der Waals surface area contributed by atoms with E-state index in [1.807, 2.05) is 0 Å². The second-order valence-corrected chi connectivity index (χ2v) is 5.38. The maximum Gasteiger partial charge on any atom is 0.253 e. The molecule has 0 spiro atoms. The van der Waals surface area contributed by atoms with Crippen LogP contribution in [0.4, 0.5) is 5.69 Å². The van der Waals surface area contributed by atoms with Crippen LogP contribution in [0.3, 0.4) is 0 Å². The lowest BCUT2D eigenvalue weighted by molar-refractivity contribution is 0.0881. The first-order valence-corrected chi connectivity index (χ1v) is 6.73. The smallest absolute Gasteiger partial charge is 0.253 e. The Labute approximate surface area is 119 Å². The fraction of sp³-hybridized carbons (Fsp3) is 0.500. The van der Waals surface area contributed by atoms with Crippen LogP contribution in [0.15, 0.2) is 18.2 Å². The molecule has 1 heterocycles. The first kappa shape index (κ1) is 14.6. The van der Waals surface area contributed by atoms with Crippen molar-refractivity contribution in [2.24, 2.45) is 0 Å². The molecule has 1 unspecified atom stereocenters. The molecule has 1 aliphatic rings. The number of amides is 1. The molecule has 4 N–H and O–H groups in total. The van der Waals surface area contributed by atoms with Gasteiger partial charge in [0, 0.05) is 37.9 Å². The lowest BCUT2D eigenvalue weighted by Crippen LogP contribution is -2.54. The third-order valence-corrected chi connectivity index (χ3v) is 3.76. The zero-order chi connectivity index (χ0) is 14.7. The van der Waals surface area contributed by atoms with E-state index >= 15 is 0 Å². The summed E-state index contributed by atoms with van der Waals surface area (Å²) in [6.07, 6.45) is 0. The Kier molecular flexibility index (Phi) is 4.46. The predicted octanol–water partition coefficient (Wildman–Crippen LogP) is -0.0500. The van der Waals surface area contributed by atoms with E-state index in [9.17, 15) is 9.90 Å². The fourth-order valence-electron chi connectivity index (χ4n) is 2.37. The number of nitrogens with zero attached hydrogens (tertiary/aromatic N) is 2. The zero-order valence-corrected chi connectivity index (χ0v) is 12.0. The minimum Gasteiger partial charge on any atom is -0.508 e. The molecule has 2 rings (SSSR count). The SMILES string of the molecule is CN1CCN(C)C(CNC(=O)c2cc(O)ccc2N)C1. The molecule has 1 aromatic carbocycles. The molecule has 1 saturated heterocycles. The summed E-state index contributed by atoms with van der Waals surface area (Å²) in [6.45, 7) is 3.52. The van der Waals surface area contributed by atoms with Crippen LogP contribution in [0.1, 0.15) is 10.4 Å². The van der Waals surface area contributed by atoms with Gasteiger partial charge in [0.1, 0.15) is 5.75 Å². The summed E-state index contributed by atoms with van der Waals surface area (Å²) in [5.41, 5.74) is 6.44. The largest absolute Gasteiger partial charge is 0.508 e. The van der Waals surface area contributed by atoms with Gasteiger partial charge in [0.15, 0.2) is 0 Å². The number of piperazine rings is 1. The predicted molar refractivity (Wildman–Crippen MR) is 78.8 cm³/mol. The lowest BCUT2D eigenvalue weighted by atomic mass is 10.1. The molecule has 1 aromatic rings. The Morgan fingerprint density at radius 2 is 2.20 bits per heavy atom. The third-order valence-electron chi connectivity index (χ3n) is 3.76. The fourth-order valence-corrected chi connectivity index (χ4v) is 2.37. The van der Waals surface area contributed by atoms with Gasteiger partial charge in [0.25, 0.3) is 5.91 Å². The van der Waals surface area contributed by atoms with Gasteiger partial charge < -0.3 is 21.1 Å². The highest BCUT2D eigenvalue weighted by atomic mass is 16.3. The first-order valence-electron chi connectivity index (χ1n) is 6.73. The van der Waals surface area contributed by atoms with Crippen molar-refractivity contribution in [1.29, 1.82) is 0 Å². The Bertz CT molecular complexity index is 492. The summed E-state index contributed by atoms with van der Waals surface area (Å²) < 4.78 is 0. The maximum atomic E-state index is 12.1. The molecule has 0 radical (unpaired) electrons. The van der Waals surface area contributed by atoms with E-state index in [1.165, 1.54) is 18.2 Å². The number of carbonyl (C=O) groups excluding carboxylic acids is 1. The van der Waals surface area contributed by atoms with Crippen molar-refractivity contribution >= 4 is 11.6 Å². The summed E-state index contributed by atoms with van der Waals surface area (Å²) in [6, 6.07) is 4.68. The number of phenolic OH excluding ortho intramolecular Hbond substituents is 1. The monoisotopic (exact) mass is 278 g/mol. The zero-order valence-electron chi connectivity index (χ0n) is 12.0. The van der Waals surface area contributed by atoms with E-state index in [0.29, 0.717) is 17.8 Å². The lowest BCUT2D eigenvalue weighted by Gasteiger charge is -2.37. The van der Waals surface area contributed by atoms with E-state index in [-0.39, 0.29) is 17.7 Å². The van der Waals surface area contributed by atoms with Gasteiger partial charge in [-0.2, -0.15) is 0 Å². The van der Waals surface area contributed by atoms with Crippen LogP contribution in [0.25, 0.3) is 0 Å². The molecule has 0 bridgehead atoms. The van der Waals surface area contributed by atoms with Crippen LogP contribution in [0, 0.1) is 0 Å². The quantitative estimate of drug-likeness (QED) is 0.533. The molecule has 1 amide bonds. The van der Waals surface area contributed by atoms with E-state index in [2.05, 4.69) is 29.2 Å². The molecule has 6 heteroatoms. The summed E-state index contributed by atoms with van der Waals surface area (Å²) in [5.74, 6) is -0.209. The van der Waals surface area contributed by atoms with Crippen molar-refractivity contribution in [1.82, 2.24) is 15.1 Å². The summed E-state index contributed by atoms with van der Waals surface area (Å²) in [4.78, 5) is 16.6. The molecule has 0 aromatic heterocycles. The van der Waals surface area contributed by atoms with Crippen LogP contribution >= 0.6 is 0 Å². The van der Waals surface area contributed by atoms with Crippen molar-refractivity contribution in [2.45, 2.75) is 6.04 Å². The maximum absolute atomic E-state index is 12.1. The minimum absolute atomic E-state index is 0.0406. The molecule has 20 heavy (non-hydrogen) atoms. The Morgan fingerprint density at radius 3 is 2.95 bits per heavy atom. The summed E-state index contributed by atoms with van der Waals surface area (Å²) in [5, 5.41) is 12.3. The molecule has 1 fully saturated rings. The van der Waals surface area contributed by atoms with Gasteiger partial charge in [-0.15, -0.1) is 0 Å². The van der Waals surface area contributed by atoms with Gasteiger partial charge in [-0.3, -0.25) is 9.69 Å². The Hall–Kier alpha value is -1.79. The highest BCUT2D eigenvalue weighted by Crippen LogP contribution is 2.18. The van der Waals surface area contributed by atoms with Crippen LogP contribution in [0.5, 0.6) is 5.75 Å². The number of rotatable bonds is 3. The number of nitrogens with one attached hydrogen (secondary N) is 1. The normalized spacial score (nSPS) is 20.8. The van der Waals surface area contributed by atoms with Crippen molar-refractivity contribution in [3.05, 3.63) is 23.8 Å². The third kappa shape index (κ3) is 3.40. The molecule has 110 valence electrons. The van der Waals surface area contributed by atoms with Gasteiger partial charge in [-0.1, -0.05) is 0 Å². The van der Waals surface area contributed by atoms with Crippen molar-refractivity contribution < 1.29 is 9.90 Å². The first-order chi connectivity index (χ1) is 9.47. The molecule has 6 nitrogen and oxygen atoms in total. The number of hydrogen-bond donors (Lipinski definition) is 3. The summed E-state index contributed by atoms with van der Waals surface area (Å²) in [7, 11) is 4.14. The number of phenols is 1. The number of aromatic hydroxyl groups is 1. The molecule has 0 saturated carbocycles. The second-order valence-electron chi connectivity index (χ2n) is 5.38. The van der Waals surface area contributed by atoms with Crippen LogP contribution in [-0.2, 0) is 0 Å². The summed E-state index contributed by atoms with van der Waals surface area (Å²) >= 11 is 0. The Morgan fingerprint density at radius 1 is 1.45 bits per heavy atom. The molecule has 1 atom stereocenters. The van der Waals surface area contributed by atoms with Gasteiger partial charge in [0.2, 0.25) is 0 Å². The molecule has 1 aliphatic heterocycles.